The lowest BCUT2D eigenvalue weighted by Crippen LogP contribution is -2.37. The third-order valence-corrected chi connectivity index (χ3v) is 6.56. The second kappa shape index (κ2) is 9.07. The van der Waals surface area contributed by atoms with Gasteiger partial charge in [0.25, 0.3) is 0 Å². The number of thiophene rings is 1. The van der Waals surface area contributed by atoms with Crippen LogP contribution in [-0.4, -0.2) is 47.7 Å². The van der Waals surface area contributed by atoms with E-state index < -0.39 is 10.0 Å². The van der Waals surface area contributed by atoms with Crippen LogP contribution in [0.1, 0.15) is 6.42 Å². The van der Waals surface area contributed by atoms with Crippen molar-refractivity contribution in [3.63, 3.8) is 0 Å². The molecule has 3 rings (SSSR count). The molecule has 1 aliphatic rings. The van der Waals surface area contributed by atoms with Gasteiger partial charge in [-0.05, 0) is 23.6 Å². The number of guanidine groups is 1. The van der Waals surface area contributed by atoms with Crippen LogP contribution in [0.2, 0.25) is 0 Å². The maximum atomic E-state index is 12.1. The van der Waals surface area contributed by atoms with Gasteiger partial charge in [0, 0.05) is 38.3 Å². The smallest absolute Gasteiger partial charge is 0.250 e. The van der Waals surface area contributed by atoms with Gasteiger partial charge >= 0.3 is 0 Å². The molecule has 0 unspecified atom stereocenters. The van der Waals surface area contributed by atoms with Gasteiger partial charge in [-0.2, -0.15) is 0 Å². The summed E-state index contributed by atoms with van der Waals surface area (Å²) in [7, 11) is -1.81. The summed E-state index contributed by atoms with van der Waals surface area (Å²) >= 11 is 1.18. The van der Waals surface area contributed by atoms with Crippen LogP contribution in [0.4, 0.5) is 5.69 Å². The average Bonchev–Trinajstić information content (AvgIpc) is 3.12. The highest BCUT2D eigenvalue weighted by molar-refractivity contribution is 7.91. The van der Waals surface area contributed by atoms with Gasteiger partial charge in [0.05, 0.1) is 13.2 Å². The zero-order valence-electron chi connectivity index (χ0n) is 14.9. The normalized spacial score (nSPS) is 14.5. The van der Waals surface area contributed by atoms with Gasteiger partial charge in [-0.1, -0.05) is 6.07 Å². The number of nitrogens with zero attached hydrogens (tertiary/aromatic N) is 1. The van der Waals surface area contributed by atoms with E-state index in [0.29, 0.717) is 35.7 Å². The number of aliphatic imine (C=N–C) groups is 1. The molecule has 0 spiro atoms. The van der Waals surface area contributed by atoms with Crippen LogP contribution in [0.5, 0.6) is 11.5 Å². The Morgan fingerprint density at radius 2 is 2.00 bits per heavy atom. The molecule has 0 aliphatic carbocycles. The lowest BCUT2D eigenvalue weighted by atomic mass is 10.3. The summed E-state index contributed by atoms with van der Waals surface area (Å²) < 4.78 is 38.3. The first-order chi connectivity index (χ1) is 13.1. The summed E-state index contributed by atoms with van der Waals surface area (Å²) in [6.45, 7) is 1.88. The molecule has 2 aromatic rings. The Labute approximate surface area is 162 Å². The topological polar surface area (TPSA) is 101 Å². The zero-order chi connectivity index (χ0) is 19.1. The highest BCUT2D eigenvalue weighted by atomic mass is 32.2. The van der Waals surface area contributed by atoms with E-state index >= 15 is 0 Å². The van der Waals surface area contributed by atoms with E-state index in [1.54, 1.807) is 24.6 Å². The molecule has 2 heterocycles. The number of anilines is 1. The Bertz CT molecular complexity index is 882. The molecular weight excluding hydrogens is 388 g/mol. The molecule has 1 aromatic carbocycles. The van der Waals surface area contributed by atoms with E-state index in [2.05, 4.69) is 20.3 Å². The van der Waals surface area contributed by atoms with E-state index in [9.17, 15) is 8.42 Å². The lowest BCUT2D eigenvalue weighted by molar-refractivity contribution is 0.297. The number of rotatable bonds is 6. The summed E-state index contributed by atoms with van der Waals surface area (Å²) in [5.74, 6) is 1.94. The molecule has 0 atom stereocenters. The van der Waals surface area contributed by atoms with Crippen molar-refractivity contribution in [3.05, 3.63) is 35.7 Å². The molecule has 1 aliphatic heterocycles. The number of hydrogen-bond acceptors (Lipinski definition) is 6. The summed E-state index contributed by atoms with van der Waals surface area (Å²) in [6, 6.07) is 8.86. The maximum absolute atomic E-state index is 12.1. The molecule has 0 saturated carbocycles. The minimum Gasteiger partial charge on any atom is -0.490 e. The first-order valence-electron chi connectivity index (χ1n) is 8.49. The van der Waals surface area contributed by atoms with Gasteiger partial charge in [-0.15, -0.1) is 11.3 Å². The van der Waals surface area contributed by atoms with E-state index in [-0.39, 0.29) is 6.54 Å². The highest BCUT2D eigenvalue weighted by Crippen LogP contribution is 2.32. The number of benzene rings is 1. The standard InChI is InChI=1S/C17H22N4O4S2/c1-18-17(19-7-8-20-27(22,23)16-4-2-11-26-16)21-13-5-6-14-15(12-13)25-10-3-9-24-14/h2,4-6,11-12,20H,3,7-10H2,1H3,(H2,18,19,21). The predicted molar refractivity (Wildman–Crippen MR) is 107 cm³/mol. The number of sulfonamides is 1. The van der Waals surface area contributed by atoms with E-state index in [0.717, 1.165) is 17.9 Å². The SMILES string of the molecule is CN=C(NCCNS(=O)(=O)c1cccs1)Nc1ccc2c(c1)OCCCO2. The lowest BCUT2D eigenvalue weighted by Gasteiger charge is -2.14. The molecule has 0 radical (unpaired) electrons. The highest BCUT2D eigenvalue weighted by Gasteiger charge is 2.14. The van der Waals surface area contributed by atoms with Crippen molar-refractivity contribution < 1.29 is 17.9 Å². The Morgan fingerprint density at radius 1 is 1.19 bits per heavy atom. The summed E-state index contributed by atoms with van der Waals surface area (Å²) in [4.78, 5) is 4.14. The zero-order valence-corrected chi connectivity index (χ0v) is 16.5. The number of fused-ring (bicyclic) bond motifs is 1. The van der Waals surface area contributed by atoms with Crippen LogP contribution < -0.4 is 24.8 Å². The monoisotopic (exact) mass is 410 g/mol. The van der Waals surface area contributed by atoms with Gasteiger partial charge in [0.1, 0.15) is 4.21 Å². The molecule has 8 nitrogen and oxygen atoms in total. The third kappa shape index (κ3) is 5.34. The van der Waals surface area contributed by atoms with Crippen LogP contribution in [-0.2, 0) is 10.0 Å². The first-order valence-corrected chi connectivity index (χ1v) is 10.9. The first kappa shape index (κ1) is 19.5. The Kier molecular flexibility index (Phi) is 6.54. The largest absolute Gasteiger partial charge is 0.490 e. The molecule has 146 valence electrons. The number of nitrogens with one attached hydrogen (secondary N) is 3. The van der Waals surface area contributed by atoms with Crippen molar-refractivity contribution in [2.45, 2.75) is 10.6 Å². The van der Waals surface area contributed by atoms with Crippen molar-refractivity contribution in [3.8, 4) is 11.5 Å². The van der Waals surface area contributed by atoms with E-state index in [4.69, 9.17) is 9.47 Å². The Balaban J connectivity index is 1.50. The van der Waals surface area contributed by atoms with Crippen LogP contribution in [0.3, 0.4) is 0 Å². The van der Waals surface area contributed by atoms with Crippen LogP contribution in [0.15, 0.2) is 44.9 Å². The second-order valence-electron chi connectivity index (χ2n) is 5.67. The predicted octanol–water partition coefficient (Wildman–Crippen LogP) is 1.88. The molecule has 0 amide bonds. The summed E-state index contributed by atoms with van der Waals surface area (Å²) in [6.07, 6.45) is 0.849. The van der Waals surface area contributed by atoms with Gasteiger partial charge in [0.15, 0.2) is 17.5 Å². The van der Waals surface area contributed by atoms with Crippen molar-refractivity contribution in [2.75, 3.05) is 38.7 Å². The Morgan fingerprint density at radius 3 is 2.74 bits per heavy atom. The van der Waals surface area contributed by atoms with Crippen LogP contribution in [0, 0.1) is 0 Å². The molecular formula is C17H22N4O4S2. The van der Waals surface area contributed by atoms with Gasteiger partial charge < -0.3 is 20.1 Å². The average molecular weight is 411 g/mol. The molecule has 3 N–H and O–H groups in total. The quantitative estimate of drug-likeness (QED) is 0.382. The van der Waals surface area contributed by atoms with Crippen LogP contribution in [0.25, 0.3) is 0 Å². The molecule has 0 fully saturated rings. The van der Waals surface area contributed by atoms with Gasteiger partial charge in [-0.25, -0.2) is 13.1 Å². The van der Waals surface area contributed by atoms with Crippen molar-refractivity contribution in [1.82, 2.24) is 10.0 Å². The maximum Gasteiger partial charge on any atom is 0.250 e. The van der Waals surface area contributed by atoms with Crippen LogP contribution >= 0.6 is 11.3 Å². The fourth-order valence-electron chi connectivity index (χ4n) is 2.41. The van der Waals surface area contributed by atoms with Crippen molar-refractivity contribution >= 4 is 33.0 Å². The minimum atomic E-state index is -3.46. The molecule has 27 heavy (non-hydrogen) atoms. The van der Waals surface area contributed by atoms with E-state index in [1.165, 1.54) is 11.3 Å². The van der Waals surface area contributed by atoms with Crippen molar-refractivity contribution in [2.24, 2.45) is 4.99 Å². The number of ether oxygens (including phenoxy) is 2. The fourth-order valence-corrected chi connectivity index (χ4v) is 4.48. The van der Waals surface area contributed by atoms with Gasteiger partial charge in [0.2, 0.25) is 10.0 Å². The Hall–Kier alpha value is -2.30. The minimum absolute atomic E-state index is 0.238. The second-order valence-corrected chi connectivity index (χ2v) is 8.61. The van der Waals surface area contributed by atoms with Crippen molar-refractivity contribution in [1.29, 1.82) is 0 Å². The molecule has 10 heteroatoms. The molecule has 0 bridgehead atoms. The fraction of sp³-hybridized carbons (Fsp3) is 0.353. The molecule has 1 aromatic heterocycles. The number of hydrogen-bond donors (Lipinski definition) is 3. The summed E-state index contributed by atoms with van der Waals surface area (Å²) in [5, 5.41) is 7.95. The molecule has 0 saturated heterocycles. The van der Waals surface area contributed by atoms with E-state index in [1.807, 2.05) is 18.2 Å². The third-order valence-electron chi connectivity index (χ3n) is 3.70. The summed E-state index contributed by atoms with van der Waals surface area (Å²) in [5.41, 5.74) is 0.798. The van der Waals surface area contributed by atoms with Gasteiger partial charge in [-0.3, -0.25) is 4.99 Å².